The first kappa shape index (κ1) is 15.9. The first-order valence-corrected chi connectivity index (χ1v) is 8.93. The topological polar surface area (TPSA) is 86.0 Å². The molecule has 2 saturated heterocycles. The molecule has 1 spiro atoms. The minimum absolute atomic E-state index is 0.0892. The molecule has 136 valence electrons. The maximum absolute atomic E-state index is 12.8. The van der Waals surface area contributed by atoms with Gasteiger partial charge in [-0.15, -0.1) is 0 Å². The Hall–Kier alpha value is -2.34. The molecule has 0 unspecified atom stereocenters. The third-order valence-corrected chi connectivity index (χ3v) is 6.97. The van der Waals surface area contributed by atoms with Crippen molar-refractivity contribution in [2.45, 2.75) is 32.0 Å². The van der Waals surface area contributed by atoms with Crippen LogP contribution in [0.2, 0.25) is 0 Å². The highest BCUT2D eigenvalue weighted by Gasteiger charge is 2.66. The van der Waals surface area contributed by atoms with E-state index in [1.165, 1.54) is 12.5 Å². The van der Waals surface area contributed by atoms with E-state index < -0.39 is 29.0 Å². The summed E-state index contributed by atoms with van der Waals surface area (Å²) in [5.41, 5.74) is -0.1000. The van der Waals surface area contributed by atoms with E-state index in [0.717, 1.165) is 0 Å². The summed E-state index contributed by atoms with van der Waals surface area (Å²) in [6, 6.07) is 1.70. The zero-order valence-corrected chi connectivity index (χ0v) is 14.4. The van der Waals surface area contributed by atoms with Crippen molar-refractivity contribution in [3.05, 3.63) is 48.0 Å². The van der Waals surface area contributed by atoms with Gasteiger partial charge in [0.15, 0.2) is 6.10 Å². The molecule has 6 atom stereocenters. The number of ether oxygens (including phenoxy) is 2. The molecule has 1 N–H and O–H groups in total. The van der Waals surface area contributed by atoms with Crippen molar-refractivity contribution in [1.82, 2.24) is 0 Å². The number of aliphatic hydroxyl groups is 1. The lowest BCUT2D eigenvalue weighted by atomic mass is 9.47. The van der Waals surface area contributed by atoms with E-state index in [4.69, 9.17) is 13.9 Å². The fraction of sp³-hybridized carbons (Fsp3) is 0.500. The van der Waals surface area contributed by atoms with Gasteiger partial charge in [-0.3, -0.25) is 4.79 Å². The molecule has 0 radical (unpaired) electrons. The Kier molecular flexibility index (Phi) is 3.11. The molecule has 1 aromatic heterocycles. The average molecular weight is 356 g/mol. The average Bonchev–Trinajstić information content (AvgIpc) is 3.27. The lowest BCUT2D eigenvalue weighted by molar-refractivity contribution is -0.184. The third kappa shape index (κ3) is 1.75. The van der Waals surface area contributed by atoms with Gasteiger partial charge in [-0.25, -0.2) is 4.79 Å². The Balaban J connectivity index is 1.65. The number of furan rings is 1. The second-order valence-corrected chi connectivity index (χ2v) is 7.97. The summed E-state index contributed by atoms with van der Waals surface area (Å²) in [5, 5.41) is 11.3. The van der Waals surface area contributed by atoms with Crippen molar-refractivity contribution in [1.29, 1.82) is 0 Å². The monoisotopic (exact) mass is 356 g/mol. The highest BCUT2D eigenvalue weighted by molar-refractivity contribution is 5.92. The molecular weight excluding hydrogens is 336 g/mol. The number of aliphatic hydroxyl groups excluding tert-OH is 1. The van der Waals surface area contributed by atoms with E-state index in [1.54, 1.807) is 6.07 Å². The van der Waals surface area contributed by atoms with Gasteiger partial charge in [0.25, 0.3) is 0 Å². The Labute approximate surface area is 150 Å². The number of allylic oxidation sites excluding steroid dienone is 2. The predicted molar refractivity (Wildman–Crippen MR) is 88.5 cm³/mol. The van der Waals surface area contributed by atoms with Crippen LogP contribution in [-0.4, -0.2) is 29.8 Å². The van der Waals surface area contributed by atoms with Crippen molar-refractivity contribution in [3.8, 4) is 0 Å². The third-order valence-electron chi connectivity index (χ3n) is 6.97. The highest BCUT2D eigenvalue weighted by Crippen LogP contribution is 2.64. The number of hydrogen-bond donors (Lipinski definition) is 1. The number of carbonyl (C=O) groups excluding carboxylic acids is 2. The van der Waals surface area contributed by atoms with E-state index in [1.807, 2.05) is 25.2 Å². The second kappa shape index (κ2) is 5.10. The van der Waals surface area contributed by atoms with Gasteiger partial charge in [-0.1, -0.05) is 25.2 Å². The van der Waals surface area contributed by atoms with Crippen LogP contribution >= 0.6 is 0 Å². The molecule has 0 saturated carbocycles. The zero-order valence-electron chi connectivity index (χ0n) is 14.4. The van der Waals surface area contributed by atoms with Crippen molar-refractivity contribution < 1.29 is 28.6 Å². The Morgan fingerprint density at radius 2 is 2.15 bits per heavy atom. The molecule has 1 aromatic rings. The molecule has 6 heteroatoms. The highest BCUT2D eigenvalue weighted by atomic mass is 16.6. The van der Waals surface area contributed by atoms with Crippen molar-refractivity contribution >= 4 is 11.9 Å². The molecule has 2 fully saturated rings. The van der Waals surface area contributed by atoms with Crippen LogP contribution in [0.5, 0.6) is 0 Å². The van der Waals surface area contributed by atoms with Gasteiger partial charge in [-0.2, -0.15) is 0 Å². The summed E-state index contributed by atoms with van der Waals surface area (Å²) in [5.74, 6) is -1.04. The predicted octanol–water partition coefficient (Wildman–Crippen LogP) is 2.31. The minimum Gasteiger partial charge on any atom is -0.472 e. The molecule has 2 aliphatic heterocycles. The van der Waals surface area contributed by atoms with Crippen LogP contribution in [0.3, 0.4) is 0 Å². The fourth-order valence-corrected chi connectivity index (χ4v) is 5.58. The summed E-state index contributed by atoms with van der Waals surface area (Å²) in [6.45, 7) is 2.24. The van der Waals surface area contributed by atoms with Gasteiger partial charge in [0.2, 0.25) is 0 Å². The molecular formula is C20H20O6. The van der Waals surface area contributed by atoms with Gasteiger partial charge in [-0.05, 0) is 24.8 Å². The first-order chi connectivity index (χ1) is 12.5. The molecule has 0 amide bonds. The van der Waals surface area contributed by atoms with E-state index in [-0.39, 0.29) is 17.8 Å². The van der Waals surface area contributed by atoms with Gasteiger partial charge in [0, 0.05) is 22.0 Å². The van der Waals surface area contributed by atoms with E-state index in [9.17, 15) is 14.7 Å². The van der Waals surface area contributed by atoms with Gasteiger partial charge in [0.05, 0.1) is 25.1 Å². The molecule has 3 heterocycles. The Morgan fingerprint density at radius 1 is 1.31 bits per heavy atom. The molecule has 2 aliphatic carbocycles. The molecule has 6 nitrogen and oxygen atoms in total. The van der Waals surface area contributed by atoms with Crippen LogP contribution in [0.1, 0.15) is 31.4 Å². The second-order valence-electron chi connectivity index (χ2n) is 7.97. The standard InChI is InChI=1S/C20H20O6/c1-19-12(18(23)26-15(16(19)21)11-6-8-24-9-11)5-7-20-10-25-17(22)13(20)3-2-4-14(19)20/h2-3,5-6,8-9,13-16,21H,4,7,10H2,1H3/t13-,14+,15-,16-,19-,20+/m0/s1. The maximum Gasteiger partial charge on any atom is 0.335 e. The molecule has 26 heavy (non-hydrogen) atoms. The minimum atomic E-state index is -0.936. The van der Waals surface area contributed by atoms with E-state index in [2.05, 4.69) is 0 Å². The smallest absolute Gasteiger partial charge is 0.335 e. The number of hydrogen-bond acceptors (Lipinski definition) is 6. The van der Waals surface area contributed by atoms with E-state index in [0.29, 0.717) is 30.6 Å². The lowest BCUT2D eigenvalue weighted by Gasteiger charge is -2.57. The van der Waals surface area contributed by atoms with E-state index >= 15 is 0 Å². The maximum atomic E-state index is 12.8. The Morgan fingerprint density at radius 3 is 2.92 bits per heavy atom. The largest absolute Gasteiger partial charge is 0.472 e. The molecule has 0 aromatic carbocycles. The lowest BCUT2D eigenvalue weighted by Crippen LogP contribution is -2.59. The summed E-state index contributed by atoms with van der Waals surface area (Å²) >= 11 is 0. The number of cyclic esters (lactones) is 2. The van der Waals surface area contributed by atoms with Gasteiger partial charge >= 0.3 is 11.9 Å². The summed E-state index contributed by atoms with van der Waals surface area (Å²) in [4.78, 5) is 25.0. The van der Waals surface area contributed by atoms with Crippen LogP contribution in [0.4, 0.5) is 0 Å². The van der Waals surface area contributed by atoms with Crippen LogP contribution in [-0.2, 0) is 19.1 Å². The van der Waals surface area contributed by atoms with Crippen molar-refractivity contribution in [3.63, 3.8) is 0 Å². The first-order valence-electron chi connectivity index (χ1n) is 8.93. The molecule has 5 rings (SSSR count). The normalized spacial score (nSPS) is 43.7. The zero-order chi connectivity index (χ0) is 18.1. The molecule has 4 aliphatic rings. The quantitative estimate of drug-likeness (QED) is 0.614. The van der Waals surface area contributed by atoms with Crippen molar-refractivity contribution in [2.24, 2.45) is 22.7 Å². The van der Waals surface area contributed by atoms with Crippen LogP contribution in [0.25, 0.3) is 0 Å². The fourth-order valence-electron chi connectivity index (χ4n) is 5.58. The summed E-state index contributed by atoms with van der Waals surface area (Å²) < 4.78 is 16.1. The van der Waals surface area contributed by atoms with Gasteiger partial charge < -0.3 is 19.0 Å². The van der Waals surface area contributed by atoms with Gasteiger partial charge in [0.1, 0.15) is 6.10 Å². The summed E-state index contributed by atoms with van der Waals surface area (Å²) in [6.07, 6.45) is 8.27. The molecule has 0 bridgehead atoms. The number of carbonyl (C=O) groups is 2. The Bertz CT molecular complexity index is 836. The SMILES string of the molecule is C[C@]12C(=CC[C@@]34COC(=O)[C@@H]3C=CC[C@@H]41)C(=O)O[C@@H](c1ccoc1)[C@@H]2O. The van der Waals surface area contributed by atoms with Crippen molar-refractivity contribution in [2.75, 3.05) is 6.61 Å². The number of esters is 2. The van der Waals surface area contributed by atoms with Crippen LogP contribution < -0.4 is 0 Å². The van der Waals surface area contributed by atoms with Crippen LogP contribution in [0.15, 0.2) is 46.8 Å². The number of fused-ring (bicyclic) bond motifs is 2. The summed E-state index contributed by atoms with van der Waals surface area (Å²) in [7, 11) is 0. The number of rotatable bonds is 1. The van der Waals surface area contributed by atoms with Crippen LogP contribution in [0, 0.1) is 22.7 Å².